The van der Waals surface area contributed by atoms with E-state index in [9.17, 15) is 9.59 Å². The second kappa shape index (κ2) is 7.20. The molecule has 1 fully saturated rings. The first-order chi connectivity index (χ1) is 13.4. The van der Waals surface area contributed by atoms with Crippen molar-refractivity contribution in [3.63, 3.8) is 0 Å². The van der Waals surface area contributed by atoms with E-state index in [2.05, 4.69) is 9.97 Å². The minimum absolute atomic E-state index is 0.0387. The Morgan fingerprint density at radius 3 is 2.79 bits per heavy atom. The second-order valence-electron chi connectivity index (χ2n) is 7.36. The van der Waals surface area contributed by atoms with Gasteiger partial charge in [0.2, 0.25) is 0 Å². The smallest absolute Gasteiger partial charge is 0.332 e. The molecule has 146 valence electrons. The van der Waals surface area contributed by atoms with E-state index in [1.165, 1.54) is 15.2 Å². The van der Waals surface area contributed by atoms with Crippen molar-refractivity contribution in [2.45, 2.75) is 32.4 Å². The second-order valence-corrected chi connectivity index (χ2v) is 7.36. The van der Waals surface area contributed by atoms with Gasteiger partial charge >= 0.3 is 5.69 Å². The molecule has 1 atom stereocenters. The van der Waals surface area contributed by atoms with Crippen molar-refractivity contribution >= 4 is 16.7 Å². The average molecular weight is 380 g/mol. The van der Waals surface area contributed by atoms with Gasteiger partial charge in [0.05, 0.1) is 12.1 Å². The van der Waals surface area contributed by atoms with Crippen molar-refractivity contribution in [1.29, 1.82) is 0 Å². The maximum Gasteiger partial charge on any atom is 0.332 e. The Morgan fingerprint density at radius 2 is 2.00 bits per heavy atom. The molecule has 1 aliphatic rings. The summed E-state index contributed by atoms with van der Waals surface area (Å²) in [6.45, 7) is 3.37. The van der Waals surface area contributed by atoms with Crippen LogP contribution in [-0.4, -0.2) is 38.2 Å². The van der Waals surface area contributed by atoms with Crippen LogP contribution in [0, 0.1) is 6.92 Å². The molecule has 3 heterocycles. The lowest BCUT2D eigenvalue weighted by molar-refractivity contribution is 0.493. The topological polar surface area (TPSA) is 99.0 Å². The highest BCUT2D eigenvalue weighted by Crippen LogP contribution is 2.17. The largest absolute Gasteiger partial charge is 0.356 e. The quantitative estimate of drug-likeness (QED) is 0.721. The number of piperidine rings is 1. The molecule has 1 saturated heterocycles. The number of hydrogen-bond donors (Lipinski definition) is 1. The van der Waals surface area contributed by atoms with E-state index in [0.29, 0.717) is 18.2 Å². The van der Waals surface area contributed by atoms with Crippen LogP contribution in [-0.2, 0) is 13.6 Å². The number of rotatable bonds is 3. The third kappa shape index (κ3) is 3.31. The van der Waals surface area contributed by atoms with Crippen LogP contribution in [0.4, 0.5) is 5.82 Å². The van der Waals surface area contributed by atoms with E-state index in [1.54, 1.807) is 7.05 Å². The van der Waals surface area contributed by atoms with Gasteiger partial charge < -0.3 is 10.6 Å². The van der Waals surface area contributed by atoms with Crippen molar-refractivity contribution in [3.8, 4) is 0 Å². The van der Waals surface area contributed by atoms with Gasteiger partial charge in [-0.15, -0.1) is 0 Å². The Morgan fingerprint density at radius 1 is 1.21 bits per heavy atom. The molecule has 1 aliphatic heterocycles. The van der Waals surface area contributed by atoms with E-state index in [1.807, 2.05) is 36.1 Å². The van der Waals surface area contributed by atoms with E-state index in [4.69, 9.17) is 5.73 Å². The van der Waals surface area contributed by atoms with E-state index in [0.717, 1.165) is 36.0 Å². The molecule has 0 aliphatic carbocycles. The third-order valence-electron chi connectivity index (χ3n) is 5.30. The number of fused-ring (bicyclic) bond motifs is 1. The number of aryl methyl sites for hydroxylation is 1. The number of aromatic nitrogens is 4. The number of hydrogen-bond acceptors (Lipinski definition) is 6. The van der Waals surface area contributed by atoms with Crippen LogP contribution in [0.25, 0.3) is 10.9 Å². The fraction of sp³-hybridized carbons (Fsp3) is 0.400. The molecule has 28 heavy (non-hydrogen) atoms. The summed E-state index contributed by atoms with van der Waals surface area (Å²) in [5.41, 5.74) is 6.94. The minimum Gasteiger partial charge on any atom is -0.356 e. The van der Waals surface area contributed by atoms with Gasteiger partial charge in [0.1, 0.15) is 11.6 Å². The molecule has 0 spiro atoms. The standard InChI is InChI=1S/C20H24N6O2/c1-13-15-7-3-4-8-16(15)23-17(22-13)12-26-19(27)10-18(24(2)20(26)28)25-9-5-6-14(21)11-25/h3-4,7-8,10,14H,5-6,9,11-12,21H2,1-2H3/t14-/m1/s1. The lowest BCUT2D eigenvalue weighted by atomic mass is 10.1. The maximum absolute atomic E-state index is 12.9. The predicted molar refractivity (Wildman–Crippen MR) is 109 cm³/mol. The zero-order chi connectivity index (χ0) is 19.8. The van der Waals surface area contributed by atoms with Crippen LogP contribution in [0.15, 0.2) is 39.9 Å². The lowest BCUT2D eigenvalue weighted by Gasteiger charge is -2.33. The summed E-state index contributed by atoms with van der Waals surface area (Å²) in [6.07, 6.45) is 1.91. The van der Waals surface area contributed by atoms with Crippen molar-refractivity contribution in [3.05, 3.63) is 62.7 Å². The highest BCUT2D eigenvalue weighted by molar-refractivity contribution is 5.80. The van der Waals surface area contributed by atoms with E-state index < -0.39 is 0 Å². The van der Waals surface area contributed by atoms with Gasteiger partial charge in [0, 0.05) is 43.3 Å². The Balaban J connectivity index is 1.72. The Hall–Kier alpha value is -3.00. The fourth-order valence-corrected chi connectivity index (χ4v) is 3.83. The average Bonchev–Trinajstić information content (AvgIpc) is 2.68. The normalized spacial score (nSPS) is 17.2. The number of nitrogens with two attached hydrogens (primary N) is 1. The van der Waals surface area contributed by atoms with Gasteiger partial charge in [-0.1, -0.05) is 18.2 Å². The van der Waals surface area contributed by atoms with Crippen LogP contribution < -0.4 is 21.9 Å². The van der Waals surface area contributed by atoms with Crippen LogP contribution in [0.5, 0.6) is 0 Å². The third-order valence-corrected chi connectivity index (χ3v) is 5.30. The first-order valence-electron chi connectivity index (χ1n) is 9.47. The van der Waals surface area contributed by atoms with Crippen LogP contribution >= 0.6 is 0 Å². The van der Waals surface area contributed by atoms with Gasteiger partial charge in [-0.25, -0.2) is 14.8 Å². The summed E-state index contributed by atoms with van der Waals surface area (Å²) in [7, 11) is 1.68. The summed E-state index contributed by atoms with van der Waals surface area (Å²) in [5.74, 6) is 1.06. The molecular formula is C20H24N6O2. The summed E-state index contributed by atoms with van der Waals surface area (Å²) >= 11 is 0. The molecule has 2 N–H and O–H groups in total. The van der Waals surface area contributed by atoms with Crippen molar-refractivity contribution < 1.29 is 0 Å². The molecule has 3 aromatic rings. The van der Waals surface area contributed by atoms with Gasteiger partial charge in [-0.2, -0.15) is 0 Å². The van der Waals surface area contributed by atoms with Gasteiger partial charge in [0.25, 0.3) is 5.56 Å². The number of nitrogens with zero attached hydrogens (tertiary/aromatic N) is 5. The first kappa shape index (κ1) is 18.4. The van der Waals surface area contributed by atoms with Crippen molar-refractivity contribution in [2.24, 2.45) is 12.8 Å². The fourth-order valence-electron chi connectivity index (χ4n) is 3.83. The molecule has 8 heteroatoms. The molecule has 0 saturated carbocycles. The van der Waals surface area contributed by atoms with Crippen LogP contribution in [0.3, 0.4) is 0 Å². The molecule has 0 radical (unpaired) electrons. The molecule has 0 unspecified atom stereocenters. The Kier molecular flexibility index (Phi) is 4.72. The first-order valence-corrected chi connectivity index (χ1v) is 9.47. The number of benzene rings is 1. The van der Waals surface area contributed by atoms with Crippen molar-refractivity contribution in [2.75, 3.05) is 18.0 Å². The summed E-state index contributed by atoms with van der Waals surface area (Å²) < 4.78 is 2.68. The highest BCUT2D eigenvalue weighted by Gasteiger charge is 2.21. The van der Waals surface area contributed by atoms with Crippen molar-refractivity contribution in [1.82, 2.24) is 19.1 Å². The molecule has 2 aromatic heterocycles. The summed E-state index contributed by atoms with van der Waals surface area (Å²) in [5, 5.41) is 0.961. The predicted octanol–water partition coefficient (Wildman–Crippen LogP) is 0.774. The molecule has 1 aromatic carbocycles. The molecule has 4 rings (SSSR count). The van der Waals surface area contributed by atoms with Crippen LogP contribution in [0.1, 0.15) is 24.4 Å². The zero-order valence-corrected chi connectivity index (χ0v) is 16.1. The summed E-state index contributed by atoms with van der Waals surface area (Å²) in [6, 6.07) is 9.26. The monoisotopic (exact) mass is 380 g/mol. The van der Waals surface area contributed by atoms with E-state index >= 15 is 0 Å². The molecular weight excluding hydrogens is 356 g/mol. The zero-order valence-electron chi connectivity index (χ0n) is 16.1. The van der Waals surface area contributed by atoms with Gasteiger partial charge in [-0.3, -0.25) is 13.9 Å². The molecule has 8 nitrogen and oxygen atoms in total. The Labute approximate surface area is 162 Å². The van der Waals surface area contributed by atoms with Gasteiger partial charge in [0.15, 0.2) is 0 Å². The Bertz CT molecular complexity index is 1150. The number of para-hydroxylation sites is 1. The lowest BCUT2D eigenvalue weighted by Crippen LogP contribution is -2.47. The van der Waals surface area contributed by atoms with Crippen LogP contribution in [0.2, 0.25) is 0 Å². The molecule has 0 amide bonds. The molecule has 0 bridgehead atoms. The maximum atomic E-state index is 12.9. The van der Waals surface area contributed by atoms with E-state index in [-0.39, 0.29) is 23.8 Å². The SMILES string of the molecule is Cc1nc(Cn2c(=O)cc(N3CCC[C@@H](N)C3)n(C)c2=O)nc2ccccc12. The summed E-state index contributed by atoms with van der Waals surface area (Å²) in [4.78, 5) is 36.6. The highest BCUT2D eigenvalue weighted by atomic mass is 16.2. The minimum atomic E-state index is -0.379. The number of anilines is 1. The van der Waals surface area contributed by atoms with Gasteiger partial charge in [-0.05, 0) is 25.8 Å².